The number of fused-ring (bicyclic) bond motifs is 5. The minimum atomic E-state index is 0.591. The van der Waals surface area contributed by atoms with Gasteiger partial charge >= 0.3 is 0 Å². The third-order valence-corrected chi connectivity index (χ3v) is 7.09. The molecular weight excluding hydrogens is 396 g/mol. The van der Waals surface area contributed by atoms with Crippen molar-refractivity contribution in [1.29, 1.82) is 0 Å². The molecule has 0 radical (unpaired) electrons. The minimum absolute atomic E-state index is 0.591. The van der Waals surface area contributed by atoms with Gasteiger partial charge in [0.2, 0.25) is 5.82 Å². The summed E-state index contributed by atoms with van der Waals surface area (Å²) in [5.74, 6) is 2.83. The summed E-state index contributed by atoms with van der Waals surface area (Å²) in [5.41, 5.74) is 4.40. The van der Waals surface area contributed by atoms with E-state index in [0.29, 0.717) is 18.1 Å². The number of furan rings is 1. The smallest absolute Gasteiger partial charge is 0.217 e. The van der Waals surface area contributed by atoms with Crippen LogP contribution in [0.4, 0.5) is 0 Å². The van der Waals surface area contributed by atoms with E-state index in [9.17, 15) is 0 Å². The van der Waals surface area contributed by atoms with Gasteiger partial charge in [0.1, 0.15) is 16.9 Å². The molecule has 0 aliphatic heterocycles. The maximum Gasteiger partial charge on any atom is 0.217 e. The lowest BCUT2D eigenvalue weighted by molar-refractivity contribution is 0.483. The van der Waals surface area contributed by atoms with Crippen LogP contribution in [0.3, 0.4) is 0 Å². The molecule has 5 heterocycles. The van der Waals surface area contributed by atoms with Crippen molar-refractivity contribution >= 4 is 27.2 Å². The number of nitrogens with zero attached hydrogens (tertiary/aromatic N) is 6. The molecule has 0 N–H and O–H groups in total. The van der Waals surface area contributed by atoms with Gasteiger partial charge in [-0.25, -0.2) is 14.5 Å². The van der Waals surface area contributed by atoms with Gasteiger partial charge in [-0.15, -0.1) is 16.4 Å². The van der Waals surface area contributed by atoms with Gasteiger partial charge in [-0.05, 0) is 62.8 Å². The van der Waals surface area contributed by atoms with Gasteiger partial charge in [-0.3, -0.25) is 4.68 Å². The molecule has 0 aromatic carbocycles. The first-order valence-electron chi connectivity index (χ1n) is 10.3. The molecule has 0 unspecified atom stereocenters. The van der Waals surface area contributed by atoms with Gasteiger partial charge in [0.05, 0.1) is 17.6 Å². The molecule has 152 valence electrons. The van der Waals surface area contributed by atoms with Crippen LogP contribution in [0.1, 0.15) is 40.9 Å². The molecule has 1 atom stereocenters. The highest BCUT2D eigenvalue weighted by molar-refractivity contribution is 7.19. The topological polar surface area (TPSA) is 74.0 Å². The van der Waals surface area contributed by atoms with Gasteiger partial charge in [-0.2, -0.15) is 5.10 Å². The van der Waals surface area contributed by atoms with E-state index in [0.717, 1.165) is 51.8 Å². The molecule has 1 aliphatic rings. The van der Waals surface area contributed by atoms with E-state index in [-0.39, 0.29) is 0 Å². The summed E-state index contributed by atoms with van der Waals surface area (Å²) in [6.45, 7) is 6.96. The predicted molar refractivity (Wildman–Crippen MR) is 116 cm³/mol. The lowest BCUT2D eigenvalue weighted by Gasteiger charge is -2.17. The van der Waals surface area contributed by atoms with E-state index in [1.54, 1.807) is 22.2 Å². The van der Waals surface area contributed by atoms with Crippen LogP contribution in [-0.2, 0) is 19.4 Å². The van der Waals surface area contributed by atoms with Crippen LogP contribution in [-0.4, -0.2) is 29.4 Å². The van der Waals surface area contributed by atoms with Gasteiger partial charge in [0, 0.05) is 10.6 Å². The first-order chi connectivity index (χ1) is 14.5. The van der Waals surface area contributed by atoms with Crippen LogP contribution < -0.4 is 0 Å². The summed E-state index contributed by atoms with van der Waals surface area (Å²) in [6.07, 6.45) is 5.21. The molecule has 7 nitrogen and oxygen atoms in total. The molecule has 0 spiro atoms. The summed E-state index contributed by atoms with van der Waals surface area (Å²) in [7, 11) is 0. The first-order valence-corrected chi connectivity index (χ1v) is 11.1. The van der Waals surface area contributed by atoms with Crippen LogP contribution >= 0.6 is 11.3 Å². The molecule has 0 amide bonds. The maximum atomic E-state index is 6.07. The number of hydrogen-bond donors (Lipinski definition) is 0. The fraction of sp³-hybridized carbons (Fsp3) is 0.364. The highest BCUT2D eigenvalue weighted by Gasteiger charge is 2.24. The molecule has 6 rings (SSSR count). The Balaban J connectivity index is 1.40. The molecule has 8 heteroatoms. The molecular formula is C22H22N6OS. The van der Waals surface area contributed by atoms with Crippen molar-refractivity contribution in [3.8, 4) is 11.6 Å². The van der Waals surface area contributed by atoms with Crippen molar-refractivity contribution in [2.24, 2.45) is 5.92 Å². The Kier molecular flexibility index (Phi) is 3.86. The summed E-state index contributed by atoms with van der Waals surface area (Å²) in [4.78, 5) is 12.0. The van der Waals surface area contributed by atoms with E-state index >= 15 is 0 Å². The lowest BCUT2D eigenvalue weighted by Crippen LogP contribution is -2.08. The fourth-order valence-corrected chi connectivity index (χ4v) is 5.75. The second-order valence-electron chi connectivity index (χ2n) is 8.33. The Bertz CT molecular complexity index is 1400. The summed E-state index contributed by atoms with van der Waals surface area (Å²) < 4.78 is 9.80. The zero-order valence-electron chi connectivity index (χ0n) is 17.2. The number of hydrogen-bond acceptors (Lipinski definition) is 6. The largest absolute Gasteiger partial charge is 0.456 e. The average molecular weight is 419 g/mol. The number of aromatic nitrogens is 6. The van der Waals surface area contributed by atoms with Gasteiger partial charge < -0.3 is 4.42 Å². The van der Waals surface area contributed by atoms with Crippen molar-refractivity contribution in [3.05, 3.63) is 52.1 Å². The quantitative estimate of drug-likeness (QED) is 0.429. The fourth-order valence-electron chi connectivity index (χ4n) is 4.41. The molecule has 0 bridgehead atoms. The Morgan fingerprint density at radius 2 is 2.13 bits per heavy atom. The number of aryl methyl sites for hydroxylation is 3. The molecule has 5 aromatic rings. The predicted octanol–water partition coefficient (Wildman–Crippen LogP) is 4.59. The third-order valence-electron chi connectivity index (χ3n) is 5.92. The van der Waals surface area contributed by atoms with E-state index in [1.165, 1.54) is 16.9 Å². The molecule has 1 aliphatic carbocycles. The zero-order valence-corrected chi connectivity index (χ0v) is 18.0. The van der Waals surface area contributed by atoms with Crippen LogP contribution in [0.15, 0.2) is 28.9 Å². The summed E-state index contributed by atoms with van der Waals surface area (Å²) >= 11 is 1.81. The molecule has 30 heavy (non-hydrogen) atoms. The standard InChI is InChI=1S/C22H22N6OS/c1-12-4-6-16-18(8-12)30-22-19(16)21-24-20(26-28(21)11-23-22)17-7-5-15(29-17)10-27-14(3)9-13(2)25-27/h5,7,9,11-12H,4,6,8,10H2,1-3H3/t12-/m0/s1. The van der Waals surface area contributed by atoms with E-state index < -0.39 is 0 Å². The number of thiophene rings is 1. The monoisotopic (exact) mass is 418 g/mol. The van der Waals surface area contributed by atoms with Crippen molar-refractivity contribution in [1.82, 2.24) is 29.4 Å². The first kappa shape index (κ1) is 17.8. The summed E-state index contributed by atoms with van der Waals surface area (Å²) in [5, 5.41) is 10.3. The minimum Gasteiger partial charge on any atom is -0.456 e. The third kappa shape index (κ3) is 2.78. The number of rotatable bonds is 3. The van der Waals surface area contributed by atoms with Crippen molar-refractivity contribution in [2.45, 2.75) is 46.6 Å². The Morgan fingerprint density at radius 3 is 2.97 bits per heavy atom. The second kappa shape index (κ2) is 6.50. The lowest BCUT2D eigenvalue weighted by atomic mass is 9.89. The van der Waals surface area contributed by atoms with Gasteiger partial charge in [0.25, 0.3) is 0 Å². The maximum absolute atomic E-state index is 6.07. The molecule has 0 fully saturated rings. The van der Waals surface area contributed by atoms with Crippen LogP contribution in [0.25, 0.3) is 27.4 Å². The zero-order chi connectivity index (χ0) is 20.4. The van der Waals surface area contributed by atoms with Crippen molar-refractivity contribution in [2.75, 3.05) is 0 Å². The molecule has 0 saturated carbocycles. The van der Waals surface area contributed by atoms with Crippen LogP contribution in [0.2, 0.25) is 0 Å². The average Bonchev–Trinajstić information content (AvgIpc) is 3.46. The normalized spacial score (nSPS) is 16.6. The van der Waals surface area contributed by atoms with Crippen molar-refractivity contribution in [3.63, 3.8) is 0 Å². The van der Waals surface area contributed by atoms with E-state index in [4.69, 9.17) is 9.40 Å². The van der Waals surface area contributed by atoms with E-state index in [1.807, 2.05) is 30.7 Å². The Hall–Kier alpha value is -3.00. The van der Waals surface area contributed by atoms with Crippen molar-refractivity contribution < 1.29 is 4.42 Å². The Labute approximate surface area is 177 Å². The van der Waals surface area contributed by atoms with Crippen LogP contribution in [0.5, 0.6) is 0 Å². The SMILES string of the molecule is Cc1cc(C)n(Cc2ccc(-c3nc4c5c6c(sc5ncn4n3)C[C@@H](C)CC6)o2)n1. The van der Waals surface area contributed by atoms with Gasteiger partial charge in [0.15, 0.2) is 11.4 Å². The van der Waals surface area contributed by atoms with Crippen LogP contribution in [0, 0.1) is 19.8 Å². The van der Waals surface area contributed by atoms with Gasteiger partial charge in [-0.1, -0.05) is 6.92 Å². The summed E-state index contributed by atoms with van der Waals surface area (Å²) in [6, 6.07) is 5.97. The second-order valence-corrected chi connectivity index (χ2v) is 9.41. The van der Waals surface area contributed by atoms with E-state index in [2.05, 4.69) is 28.2 Å². The molecule has 5 aromatic heterocycles. The highest BCUT2D eigenvalue weighted by atomic mass is 32.1. The highest BCUT2D eigenvalue weighted by Crippen LogP contribution is 2.38. The molecule has 0 saturated heterocycles. The Morgan fingerprint density at radius 1 is 1.23 bits per heavy atom.